The van der Waals surface area contributed by atoms with Crippen LogP contribution in [-0.4, -0.2) is 27.1 Å². The quantitative estimate of drug-likeness (QED) is 0.630. The van der Waals surface area contributed by atoms with Crippen LogP contribution in [0.2, 0.25) is 0 Å². The Morgan fingerprint density at radius 3 is 2.60 bits per heavy atom. The van der Waals surface area contributed by atoms with Crippen molar-refractivity contribution in [2.45, 2.75) is 24.4 Å². The Labute approximate surface area is 130 Å². The van der Waals surface area contributed by atoms with E-state index in [0.717, 1.165) is 36.0 Å². The van der Waals surface area contributed by atoms with Crippen LogP contribution < -0.4 is 5.73 Å². The zero-order chi connectivity index (χ0) is 13.5. The zero-order valence-electron chi connectivity index (χ0n) is 11.7. The van der Waals surface area contributed by atoms with Crippen LogP contribution in [0.25, 0.3) is 0 Å². The SMILES string of the molecule is Cl.Cn1c(CCN)nnc1SCCCc1ccccc1. The molecule has 0 fully saturated rings. The van der Waals surface area contributed by atoms with E-state index in [0.29, 0.717) is 6.54 Å². The largest absolute Gasteiger partial charge is 0.330 e. The number of aryl methyl sites for hydroxylation is 1. The van der Waals surface area contributed by atoms with Gasteiger partial charge in [0.05, 0.1) is 0 Å². The first-order valence-corrected chi connectivity index (χ1v) is 7.55. The predicted octanol–water partition coefficient (Wildman–Crippen LogP) is 2.46. The van der Waals surface area contributed by atoms with Gasteiger partial charge in [-0.15, -0.1) is 22.6 Å². The van der Waals surface area contributed by atoms with Crippen molar-refractivity contribution in [3.8, 4) is 0 Å². The molecule has 2 N–H and O–H groups in total. The molecule has 1 heterocycles. The minimum atomic E-state index is 0. The monoisotopic (exact) mass is 312 g/mol. The first-order valence-electron chi connectivity index (χ1n) is 6.56. The summed E-state index contributed by atoms with van der Waals surface area (Å²) in [6, 6.07) is 10.6. The molecule has 0 amide bonds. The molecule has 0 aliphatic rings. The van der Waals surface area contributed by atoms with Gasteiger partial charge in [-0.25, -0.2) is 0 Å². The summed E-state index contributed by atoms with van der Waals surface area (Å²) in [4.78, 5) is 0. The fourth-order valence-corrected chi connectivity index (χ4v) is 2.77. The molecule has 0 aliphatic carbocycles. The average Bonchev–Trinajstić information content (AvgIpc) is 2.78. The summed E-state index contributed by atoms with van der Waals surface area (Å²) in [5.74, 6) is 2.02. The van der Waals surface area contributed by atoms with E-state index >= 15 is 0 Å². The number of halogens is 1. The predicted molar refractivity (Wildman–Crippen MR) is 86.5 cm³/mol. The third-order valence-electron chi connectivity index (χ3n) is 2.98. The average molecular weight is 313 g/mol. The lowest BCUT2D eigenvalue weighted by Gasteiger charge is -2.03. The van der Waals surface area contributed by atoms with E-state index in [9.17, 15) is 0 Å². The van der Waals surface area contributed by atoms with Gasteiger partial charge in [0, 0.05) is 19.2 Å². The lowest BCUT2D eigenvalue weighted by Crippen LogP contribution is -2.08. The maximum atomic E-state index is 5.54. The zero-order valence-corrected chi connectivity index (χ0v) is 13.3. The maximum absolute atomic E-state index is 5.54. The minimum Gasteiger partial charge on any atom is -0.330 e. The van der Waals surface area contributed by atoms with E-state index in [1.165, 1.54) is 5.56 Å². The molecule has 110 valence electrons. The number of benzene rings is 1. The molecule has 0 bridgehead atoms. The van der Waals surface area contributed by atoms with Crippen molar-refractivity contribution in [2.75, 3.05) is 12.3 Å². The van der Waals surface area contributed by atoms with Gasteiger partial charge in [0.15, 0.2) is 5.16 Å². The van der Waals surface area contributed by atoms with Gasteiger partial charge >= 0.3 is 0 Å². The summed E-state index contributed by atoms with van der Waals surface area (Å²) in [6.45, 7) is 0.616. The Kier molecular flexibility index (Phi) is 7.65. The Balaban J connectivity index is 0.00000200. The molecule has 2 rings (SSSR count). The van der Waals surface area contributed by atoms with E-state index in [1.54, 1.807) is 11.8 Å². The molecule has 4 nitrogen and oxygen atoms in total. The topological polar surface area (TPSA) is 56.7 Å². The van der Waals surface area contributed by atoms with Crippen LogP contribution in [0, 0.1) is 0 Å². The summed E-state index contributed by atoms with van der Waals surface area (Å²) < 4.78 is 2.04. The standard InChI is InChI=1S/C14H20N4S.ClH/c1-18-13(9-10-15)16-17-14(18)19-11-5-8-12-6-3-2-4-7-12;/h2-4,6-7H,5,8-11,15H2,1H3;1H. The highest BCUT2D eigenvalue weighted by Gasteiger charge is 2.07. The molecule has 6 heteroatoms. The summed E-state index contributed by atoms with van der Waals surface area (Å²) >= 11 is 1.76. The van der Waals surface area contributed by atoms with Gasteiger partial charge in [0.1, 0.15) is 5.82 Å². The van der Waals surface area contributed by atoms with Crippen LogP contribution in [0.1, 0.15) is 17.8 Å². The van der Waals surface area contributed by atoms with Gasteiger partial charge < -0.3 is 10.3 Å². The number of rotatable bonds is 7. The number of nitrogens with zero attached hydrogens (tertiary/aromatic N) is 3. The molecule has 20 heavy (non-hydrogen) atoms. The lowest BCUT2D eigenvalue weighted by molar-refractivity contribution is 0.726. The van der Waals surface area contributed by atoms with Crippen molar-refractivity contribution in [1.82, 2.24) is 14.8 Å². The van der Waals surface area contributed by atoms with Crippen LogP contribution in [0.4, 0.5) is 0 Å². The van der Waals surface area contributed by atoms with Crippen LogP contribution in [0.3, 0.4) is 0 Å². The molecule has 1 aromatic heterocycles. The van der Waals surface area contributed by atoms with Crippen molar-refractivity contribution in [2.24, 2.45) is 12.8 Å². The summed E-state index contributed by atoms with van der Waals surface area (Å²) in [6.07, 6.45) is 3.04. The van der Waals surface area contributed by atoms with Gasteiger partial charge in [-0.05, 0) is 24.9 Å². The lowest BCUT2D eigenvalue weighted by atomic mass is 10.1. The number of hydrogen-bond donors (Lipinski definition) is 1. The number of nitrogens with two attached hydrogens (primary N) is 1. The van der Waals surface area contributed by atoms with Crippen molar-refractivity contribution in [3.63, 3.8) is 0 Å². The first-order chi connectivity index (χ1) is 9.31. The van der Waals surface area contributed by atoms with E-state index in [4.69, 9.17) is 5.73 Å². The highest BCUT2D eigenvalue weighted by atomic mass is 35.5. The molecule has 0 unspecified atom stereocenters. The highest BCUT2D eigenvalue weighted by Crippen LogP contribution is 2.17. The van der Waals surface area contributed by atoms with E-state index in [2.05, 4.69) is 40.5 Å². The molecule has 0 aliphatic heterocycles. The van der Waals surface area contributed by atoms with Crippen LogP contribution >= 0.6 is 24.2 Å². The molecular formula is C14H21ClN4S. The summed E-state index contributed by atoms with van der Waals surface area (Å²) in [5.41, 5.74) is 6.93. The molecule has 0 saturated heterocycles. The number of hydrogen-bond acceptors (Lipinski definition) is 4. The second-order valence-corrected chi connectivity index (χ2v) is 5.50. The van der Waals surface area contributed by atoms with Gasteiger partial charge in [-0.2, -0.15) is 0 Å². The normalized spacial score (nSPS) is 10.3. The molecule has 0 radical (unpaired) electrons. The van der Waals surface area contributed by atoms with E-state index in [1.807, 2.05) is 11.6 Å². The second kappa shape index (κ2) is 9.00. The Morgan fingerprint density at radius 2 is 1.90 bits per heavy atom. The summed E-state index contributed by atoms with van der Waals surface area (Å²) in [5, 5.41) is 9.34. The van der Waals surface area contributed by atoms with Crippen LogP contribution in [0.5, 0.6) is 0 Å². The fourth-order valence-electron chi connectivity index (χ4n) is 1.90. The first kappa shape index (κ1) is 17.0. The number of thioether (sulfide) groups is 1. The minimum absolute atomic E-state index is 0. The highest BCUT2D eigenvalue weighted by molar-refractivity contribution is 7.99. The van der Waals surface area contributed by atoms with Crippen LogP contribution in [0.15, 0.2) is 35.5 Å². The molecule has 1 aromatic carbocycles. The van der Waals surface area contributed by atoms with Crippen molar-refractivity contribution >= 4 is 24.2 Å². The molecule has 0 atom stereocenters. The van der Waals surface area contributed by atoms with Crippen LogP contribution in [-0.2, 0) is 19.9 Å². The Morgan fingerprint density at radius 1 is 1.15 bits per heavy atom. The summed E-state index contributed by atoms with van der Waals surface area (Å²) in [7, 11) is 2.00. The van der Waals surface area contributed by atoms with Crippen molar-refractivity contribution in [3.05, 3.63) is 41.7 Å². The van der Waals surface area contributed by atoms with E-state index < -0.39 is 0 Å². The third kappa shape index (κ3) is 4.81. The van der Waals surface area contributed by atoms with Gasteiger partial charge in [-0.3, -0.25) is 0 Å². The van der Waals surface area contributed by atoms with Gasteiger partial charge in [0.2, 0.25) is 0 Å². The molecule has 2 aromatic rings. The Hall–Kier alpha value is -1.04. The molecule has 0 saturated carbocycles. The maximum Gasteiger partial charge on any atom is 0.190 e. The van der Waals surface area contributed by atoms with Crippen molar-refractivity contribution in [1.29, 1.82) is 0 Å². The Bertz CT molecular complexity index is 501. The molecular weight excluding hydrogens is 292 g/mol. The fraction of sp³-hybridized carbons (Fsp3) is 0.429. The van der Waals surface area contributed by atoms with Crippen molar-refractivity contribution < 1.29 is 0 Å². The van der Waals surface area contributed by atoms with Gasteiger partial charge in [-0.1, -0.05) is 42.1 Å². The number of aromatic nitrogens is 3. The third-order valence-corrected chi connectivity index (χ3v) is 4.08. The van der Waals surface area contributed by atoms with E-state index in [-0.39, 0.29) is 12.4 Å². The smallest absolute Gasteiger partial charge is 0.190 e. The molecule has 0 spiro atoms. The second-order valence-electron chi connectivity index (χ2n) is 4.43. The van der Waals surface area contributed by atoms with Gasteiger partial charge in [0.25, 0.3) is 0 Å².